The van der Waals surface area contributed by atoms with E-state index >= 15 is 0 Å². The van der Waals surface area contributed by atoms with Crippen molar-refractivity contribution in [2.45, 2.75) is 76.0 Å². The van der Waals surface area contributed by atoms with Gasteiger partial charge in [-0.2, -0.15) is 8.42 Å². The molecule has 24 heavy (non-hydrogen) atoms. The maximum absolute atomic E-state index is 11.9. The van der Waals surface area contributed by atoms with Gasteiger partial charge < -0.3 is 0 Å². The van der Waals surface area contributed by atoms with E-state index in [4.69, 9.17) is 4.18 Å². The molecule has 0 unspecified atom stereocenters. The van der Waals surface area contributed by atoms with Gasteiger partial charge in [-0.15, -0.1) is 0 Å². The summed E-state index contributed by atoms with van der Waals surface area (Å²) < 4.78 is 28.8. The maximum atomic E-state index is 11.9. The van der Waals surface area contributed by atoms with Gasteiger partial charge in [-0.05, 0) is 18.6 Å². The minimum atomic E-state index is -3.57. The van der Waals surface area contributed by atoms with E-state index in [1.807, 2.05) is 0 Å². The van der Waals surface area contributed by atoms with E-state index in [0.29, 0.717) is 0 Å². The van der Waals surface area contributed by atoms with Gasteiger partial charge in [-0.25, -0.2) is 0 Å². The van der Waals surface area contributed by atoms with Gasteiger partial charge in [0, 0.05) is 49.0 Å². The summed E-state index contributed by atoms with van der Waals surface area (Å²) in [7, 11) is -3.57. The monoisotopic (exact) mass is 413 g/mol. The van der Waals surface area contributed by atoms with Crippen molar-refractivity contribution in [3.8, 4) is 0 Å². The van der Waals surface area contributed by atoms with Crippen molar-refractivity contribution >= 4 is 39.7 Å². The van der Waals surface area contributed by atoms with Crippen LogP contribution in [0.25, 0.3) is 0 Å². The summed E-state index contributed by atoms with van der Waals surface area (Å²) in [6, 6.07) is 8.33. The molecule has 0 spiro atoms. The standard InChI is InChI=1S/C18H30O3S.Na.Zn/c1-2-3-4-5-6-7-8-9-10-14-17-21-22(19,20)18-15-12-11-13-16-18;;/h11-13,15-16H,2-10,14,17H2,1H3;;. The van der Waals surface area contributed by atoms with Gasteiger partial charge in [0.2, 0.25) is 0 Å². The average Bonchev–Trinajstić information content (AvgIpc) is 2.53. The SMILES string of the molecule is CCCCCCCCCCCCOS(=O)(=O)c1ccccc1.[Na].[Zn]. The first-order valence-electron chi connectivity index (χ1n) is 8.61. The number of benzene rings is 1. The third-order valence-corrected chi connectivity index (χ3v) is 5.09. The van der Waals surface area contributed by atoms with Crippen molar-refractivity contribution in [2.75, 3.05) is 6.61 Å². The maximum Gasteiger partial charge on any atom is 0.296 e. The molecule has 0 atom stereocenters. The van der Waals surface area contributed by atoms with E-state index in [2.05, 4.69) is 6.92 Å². The summed E-state index contributed by atoms with van der Waals surface area (Å²) in [6.45, 7) is 2.52. The Balaban J connectivity index is 0. The Morgan fingerprint density at radius 2 is 1.25 bits per heavy atom. The van der Waals surface area contributed by atoms with Crippen LogP contribution in [0, 0.1) is 0 Å². The molecule has 1 aromatic carbocycles. The fraction of sp³-hybridized carbons (Fsp3) is 0.667. The number of hydrogen-bond acceptors (Lipinski definition) is 3. The minimum Gasteiger partial charge on any atom is -0.266 e. The van der Waals surface area contributed by atoms with Crippen LogP contribution in [-0.2, 0) is 33.8 Å². The van der Waals surface area contributed by atoms with Crippen molar-refractivity contribution < 1.29 is 32.1 Å². The Morgan fingerprint density at radius 1 is 0.792 bits per heavy atom. The van der Waals surface area contributed by atoms with E-state index < -0.39 is 10.1 Å². The summed E-state index contributed by atoms with van der Waals surface area (Å²) in [5.74, 6) is 0. The molecule has 0 amide bonds. The van der Waals surface area contributed by atoms with E-state index in [0.717, 1.165) is 12.8 Å². The summed E-state index contributed by atoms with van der Waals surface area (Å²) in [6.07, 6.45) is 12.3. The van der Waals surface area contributed by atoms with E-state index in [-0.39, 0.29) is 60.5 Å². The first-order chi connectivity index (χ1) is 10.7. The van der Waals surface area contributed by atoms with Crippen LogP contribution >= 0.6 is 0 Å². The molecule has 0 heterocycles. The van der Waals surface area contributed by atoms with Crippen LogP contribution in [0.1, 0.15) is 71.1 Å². The predicted molar refractivity (Wildman–Crippen MR) is 97.2 cm³/mol. The van der Waals surface area contributed by atoms with Gasteiger partial charge in [-0.3, -0.25) is 4.18 Å². The van der Waals surface area contributed by atoms with E-state index in [1.165, 1.54) is 51.4 Å². The summed E-state index contributed by atoms with van der Waals surface area (Å²) in [4.78, 5) is 0.238. The smallest absolute Gasteiger partial charge is 0.266 e. The zero-order chi connectivity index (χ0) is 16.1. The van der Waals surface area contributed by atoms with Crippen molar-refractivity contribution in [2.24, 2.45) is 0 Å². The predicted octanol–water partition coefficient (Wildman–Crippen LogP) is 4.93. The third kappa shape index (κ3) is 13.0. The van der Waals surface area contributed by atoms with Crippen molar-refractivity contribution in [3.63, 3.8) is 0 Å². The van der Waals surface area contributed by atoms with Crippen LogP contribution in [0.3, 0.4) is 0 Å². The van der Waals surface area contributed by atoms with Gasteiger partial charge in [-0.1, -0.05) is 82.9 Å². The van der Waals surface area contributed by atoms with Crippen LogP contribution < -0.4 is 0 Å². The van der Waals surface area contributed by atoms with Crippen LogP contribution in [0.2, 0.25) is 0 Å². The summed E-state index contributed by atoms with van der Waals surface area (Å²) in [5.41, 5.74) is 0. The van der Waals surface area contributed by atoms with Crippen LogP contribution in [0.4, 0.5) is 0 Å². The normalized spacial score (nSPS) is 10.7. The van der Waals surface area contributed by atoms with Crippen molar-refractivity contribution in [3.05, 3.63) is 30.3 Å². The Bertz CT molecular complexity index is 480. The second kappa shape index (κ2) is 17.2. The molecule has 0 bridgehead atoms. The van der Waals surface area contributed by atoms with Gasteiger partial charge in [0.15, 0.2) is 0 Å². The Labute approximate surface area is 183 Å². The molecule has 0 saturated carbocycles. The second-order valence-corrected chi connectivity index (χ2v) is 7.39. The summed E-state index contributed by atoms with van der Waals surface area (Å²) in [5, 5.41) is 0. The molecule has 129 valence electrons. The largest absolute Gasteiger partial charge is 0.296 e. The fourth-order valence-corrected chi connectivity index (χ4v) is 3.38. The van der Waals surface area contributed by atoms with Gasteiger partial charge >= 0.3 is 0 Å². The number of unbranched alkanes of at least 4 members (excludes halogenated alkanes) is 9. The first-order valence-corrected chi connectivity index (χ1v) is 10.0. The molecule has 6 heteroatoms. The average molecular weight is 415 g/mol. The minimum absolute atomic E-state index is 0. The van der Waals surface area contributed by atoms with Crippen molar-refractivity contribution in [1.82, 2.24) is 0 Å². The Morgan fingerprint density at radius 3 is 1.75 bits per heavy atom. The second-order valence-electron chi connectivity index (χ2n) is 5.77. The molecule has 1 radical (unpaired) electrons. The molecule has 3 nitrogen and oxygen atoms in total. The molecule has 0 N–H and O–H groups in total. The molecule has 0 aromatic heterocycles. The quantitative estimate of drug-likeness (QED) is 0.261. The molecular formula is C18H30NaO3SZn. The summed E-state index contributed by atoms with van der Waals surface area (Å²) >= 11 is 0. The van der Waals surface area contributed by atoms with Crippen molar-refractivity contribution in [1.29, 1.82) is 0 Å². The Kier molecular flexibility index (Phi) is 19.3. The van der Waals surface area contributed by atoms with E-state index in [9.17, 15) is 8.42 Å². The molecule has 0 aliphatic heterocycles. The molecule has 0 fully saturated rings. The van der Waals surface area contributed by atoms with Crippen LogP contribution in [0.15, 0.2) is 35.2 Å². The van der Waals surface area contributed by atoms with E-state index in [1.54, 1.807) is 30.3 Å². The fourth-order valence-electron chi connectivity index (χ4n) is 2.41. The topological polar surface area (TPSA) is 43.4 Å². The molecule has 1 rings (SSSR count). The molecular weight excluding hydrogens is 385 g/mol. The zero-order valence-electron chi connectivity index (χ0n) is 15.5. The molecule has 0 aliphatic rings. The van der Waals surface area contributed by atoms with Gasteiger partial charge in [0.1, 0.15) is 0 Å². The van der Waals surface area contributed by atoms with Gasteiger partial charge in [0.25, 0.3) is 10.1 Å². The Hall–Kier alpha value is 0.753. The molecule has 0 aliphatic carbocycles. The first kappa shape index (κ1) is 27.0. The molecule has 0 saturated heterocycles. The number of hydrogen-bond donors (Lipinski definition) is 0. The molecule has 1 aromatic rings. The zero-order valence-corrected chi connectivity index (χ0v) is 21.3. The third-order valence-electron chi connectivity index (χ3n) is 3.77. The van der Waals surface area contributed by atoms with Crippen LogP contribution in [0.5, 0.6) is 0 Å². The van der Waals surface area contributed by atoms with Crippen LogP contribution in [-0.4, -0.2) is 44.6 Å². The van der Waals surface area contributed by atoms with Gasteiger partial charge in [0.05, 0.1) is 11.5 Å². The number of rotatable bonds is 13.